The van der Waals surface area contributed by atoms with Crippen LogP contribution in [0.4, 0.5) is 9.93 Å². The van der Waals surface area contributed by atoms with Gasteiger partial charge in [-0.15, -0.1) is 0 Å². The van der Waals surface area contributed by atoms with Crippen LogP contribution in [0.15, 0.2) is 6.20 Å². The molecule has 1 N–H and O–H groups in total. The predicted molar refractivity (Wildman–Crippen MR) is 57.4 cm³/mol. The van der Waals surface area contributed by atoms with Gasteiger partial charge in [0.2, 0.25) is 0 Å². The molecule has 0 aliphatic carbocycles. The molecule has 0 fully saturated rings. The molecule has 0 aromatic carbocycles. The normalized spacial score (nSPS) is 11.1. The molecule has 14 heavy (non-hydrogen) atoms. The van der Waals surface area contributed by atoms with Gasteiger partial charge in [-0.25, -0.2) is 0 Å². The summed E-state index contributed by atoms with van der Waals surface area (Å²) >= 11 is 2.75. The molecule has 1 amide bonds. The van der Waals surface area contributed by atoms with Gasteiger partial charge in [-0.2, -0.15) is 0 Å². The Bertz CT molecular complexity index is 332. The summed E-state index contributed by atoms with van der Waals surface area (Å²) in [4.78, 5) is 15.3. The number of nitrogens with zero attached hydrogens (tertiary/aromatic N) is 1. The number of hydrogen-bond acceptors (Lipinski definition) is 4. The van der Waals surface area contributed by atoms with E-state index in [1.165, 1.54) is 33.9 Å². The molecule has 0 aliphatic heterocycles. The fourth-order valence-electron chi connectivity index (χ4n) is 0.723. The number of nitrogens with one attached hydrogen (secondary N) is 1. The Morgan fingerprint density at radius 3 is 2.71 bits per heavy atom. The molecule has 0 bridgehead atoms. The number of ether oxygens (including phenoxy) is 1. The first-order valence-electron chi connectivity index (χ1n) is 4.04. The third-order valence-corrected chi connectivity index (χ3v) is 3.08. The molecule has 0 saturated heterocycles. The standard InChI is InChI=1S/C8H11N2O2S.Sn/c1-8(2,3)12-7(11)10-6-9-4-5-13-6;/h4H,1-3H3,(H,9,10,11);. The van der Waals surface area contributed by atoms with E-state index in [0.717, 1.165) is 2.89 Å². The molecule has 0 unspecified atom stereocenters. The SMILES string of the molecule is CC(C)(C)OC(=O)Nc1nc[c]([Sn])s1. The fraction of sp³-hybridized carbons (Fsp3) is 0.500. The van der Waals surface area contributed by atoms with Crippen molar-refractivity contribution < 1.29 is 9.53 Å². The number of rotatable bonds is 1. The Labute approximate surface area is 100 Å². The zero-order chi connectivity index (χ0) is 10.8. The molecule has 0 aliphatic rings. The molecule has 3 radical (unpaired) electrons. The van der Waals surface area contributed by atoms with Crippen molar-refractivity contribution >= 4 is 48.0 Å². The Hall–Kier alpha value is -0.301. The Morgan fingerprint density at radius 2 is 2.29 bits per heavy atom. The molecule has 0 spiro atoms. The molecular weight excluding hydrogens is 307 g/mol. The number of hydrogen-bond donors (Lipinski definition) is 1. The van der Waals surface area contributed by atoms with E-state index < -0.39 is 11.7 Å². The summed E-state index contributed by atoms with van der Waals surface area (Å²) in [6.45, 7) is 5.47. The van der Waals surface area contributed by atoms with Crippen molar-refractivity contribution in [1.29, 1.82) is 0 Å². The fourth-order valence-corrected chi connectivity index (χ4v) is 2.29. The molecule has 75 valence electrons. The minimum atomic E-state index is -0.470. The average Bonchev–Trinajstić information content (AvgIpc) is 2.30. The van der Waals surface area contributed by atoms with Crippen LogP contribution in [0.5, 0.6) is 0 Å². The van der Waals surface area contributed by atoms with Crippen molar-refractivity contribution in [2.24, 2.45) is 0 Å². The zero-order valence-electron chi connectivity index (χ0n) is 8.25. The molecule has 1 aromatic rings. The summed E-state index contributed by atoms with van der Waals surface area (Å²) < 4.78 is 6.22. The second kappa shape index (κ2) is 4.48. The summed E-state index contributed by atoms with van der Waals surface area (Å²) in [7, 11) is 0. The van der Waals surface area contributed by atoms with E-state index in [2.05, 4.69) is 10.3 Å². The van der Waals surface area contributed by atoms with Gasteiger partial charge in [-0.1, -0.05) is 0 Å². The number of carbonyl (C=O) groups is 1. The van der Waals surface area contributed by atoms with Crippen molar-refractivity contribution in [2.75, 3.05) is 5.32 Å². The van der Waals surface area contributed by atoms with Crippen LogP contribution in [0.1, 0.15) is 20.8 Å². The summed E-state index contributed by atoms with van der Waals surface area (Å²) in [6, 6.07) is 0. The van der Waals surface area contributed by atoms with Gasteiger partial charge in [-0.05, 0) is 0 Å². The Balaban J connectivity index is 2.50. The number of thiazole rings is 1. The predicted octanol–water partition coefficient (Wildman–Crippen LogP) is 1.28. The molecular formula is C8H11N2O2SSn. The Morgan fingerprint density at radius 1 is 1.64 bits per heavy atom. The number of anilines is 1. The summed E-state index contributed by atoms with van der Waals surface area (Å²) in [6.07, 6.45) is 1.29. The molecule has 4 nitrogen and oxygen atoms in total. The molecule has 1 rings (SSSR count). The van der Waals surface area contributed by atoms with Crippen LogP contribution in [0.3, 0.4) is 0 Å². The van der Waals surface area contributed by atoms with Gasteiger partial charge >= 0.3 is 100 Å². The van der Waals surface area contributed by atoms with Gasteiger partial charge in [0.1, 0.15) is 0 Å². The first kappa shape index (κ1) is 11.8. The van der Waals surface area contributed by atoms with Crippen LogP contribution in [0.2, 0.25) is 0 Å². The third kappa shape index (κ3) is 4.27. The van der Waals surface area contributed by atoms with E-state index in [1.807, 2.05) is 20.8 Å². The number of aromatic nitrogens is 1. The van der Waals surface area contributed by atoms with Crippen LogP contribution in [-0.4, -0.2) is 39.2 Å². The maximum absolute atomic E-state index is 11.3. The van der Waals surface area contributed by atoms with E-state index in [9.17, 15) is 4.79 Å². The quantitative estimate of drug-likeness (QED) is 0.794. The summed E-state index contributed by atoms with van der Waals surface area (Å²) in [5, 5.41) is 3.17. The van der Waals surface area contributed by atoms with Gasteiger partial charge in [0.25, 0.3) is 0 Å². The molecule has 0 atom stereocenters. The van der Waals surface area contributed by atoms with Crippen LogP contribution in [0, 0.1) is 0 Å². The van der Waals surface area contributed by atoms with E-state index in [0.29, 0.717) is 5.13 Å². The van der Waals surface area contributed by atoms with Crippen molar-refractivity contribution in [3.63, 3.8) is 0 Å². The minimum absolute atomic E-state index is 0.456. The van der Waals surface area contributed by atoms with Gasteiger partial charge in [0.15, 0.2) is 0 Å². The van der Waals surface area contributed by atoms with Gasteiger partial charge < -0.3 is 0 Å². The van der Waals surface area contributed by atoms with Crippen LogP contribution in [0.25, 0.3) is 0 Å². The second-order valence-corrected chi connectivity index (χ2v) is 7.26. The van der Waals surface area contributed by atoms with Gasteiger partial charge in [0.05, 0.1) is 0 Å². The molecule has 1 aromatic heterocycles. The van der Waals surface area contributed by atoms with Crippen LogP contribution < -0.4 is 8.21 Å². The number of carbonyl (C=O) groups excluding carboxylic acids is 1. The van der Waals surface area contributed by atoms with Gasteiger partial charge in [0, 0.05) is 0 Å². The monoisotopic (exact) mass is 319 g/mol. The van der Waals surface area contributed by atoms with Crippen LogP contribution in [-0.2, 0) is 4.74 Å². The van der Waals surface area contributed by atoms with Crippen molar-refractivity contribution in [1.82, 2.24) is 4.98 Å². The van der Waals surface area contributed by atoms with Crippen molar-refractivity contribution in [3.8, 4) is 0 Å². The average molecular weight is 318 g/mol. The first-order valence-corrected chi connectivity index (χ1v) is 6.28. The van der Waals surface area contributed by atoms with Crippen LogP contribution >= 0.6 is 11.3 Å². The Kier molecular flexibility index (Phi) is 3.77. The first-order chi connectivity index (χ1) is 6.37. The molecule has 6 heteroatoms. The van der Waals surface area contributed by atoms with Crippen molar-refractivity contribution in [2.45, 2.75) is 26.4 Å². The zero-order valence-corrected chi connectivity index (χ0v) is 11.9. The number of amides is 1. The summed E-state index contributed by atoms with van der Waals surface area (Å²) in [5.41, 5.74) is -0.470. The van der Waals surface area contributed by atoms with E-state index >= 15 is 0 Å². The topological polar surface area (TPSA) is 51.2 Å². The van der Waals surface area contributed by atoms with Crippen molar-refractivity contribution in [3.05, 3.63) is 6.20 Å². The summed E-state index contributed by atoms with van der Waals surface area (Å²) in [5.74, 6) is 0. The van der Waals surface area contributed by atoms with E-state index in [-0.39, 0.29) is 0 Å². The van der Waals surface area contributed by atoms with E-state index in [1.54, 1.807) is 6.20 Å². The molecule has 0 saturated carbocycles. The van der Waals surface area contributed by atoms with Gasteiger partial charge in [-0.3, -0.25) is 0 Å². The third-order valence-electron chi connectivity index (χ3n) is 1.11. The maximum atomic E-state index is 11.3. The second-order valence-electron chi connectivity index (χ2n) is 3.66. The van der Waals surface area contributed by atoms with E-state index in [4.69, 9.17) is 4.74 Å². The molecule has 1 heterocycles.